The van der Waals surface area contributed by atoms with Gasteiger partial charge >= 0.3 is 0 Å². The summed E-state index contributed by atoms with van der Waals surface area (Å²) < 4.78 is 3.45. The molecule has 2 amide bonds. The summed E-state index contributed by atoms with van der Waals surface area (Å²) in [5, 5.41) is 9.06. The third-order valence-corrected chi connectivity index (χ3v) is 5.62. The molecule has 1 saturated heterocycles. The van der Waals surface area contributed by atoms with Gasteiger partial charge in [0.05, 0.1) is 18.8 Å². The zero-order chi connectivity index (χ0) is 22.7. The molecule has 164 valence electrons. The number of amides is 2. The Balaban J connectivity index is 1.58. The van der Waals surface area contributed by atoms with Gasteiger partial charge in [-0.05, 0) is 31.2 Å². The Hall–Kier alpha value is -4.06. The molecule has 0 saturated carbocycles. The third-order valence-electron chi connectivity index (χ3n) is 5.62. The summed E-state index contributed by atoms with van der Waals surface area (Å²) in [4.78, 5) is 25.9. The second-order valence-corrected chi connectivity index (χ2v) is 7.73. The van der Waals surface area contributed by atoms with Crippen molar-refractivity contribution in [2.24, 2.45) is 5.73 Å². The first-order valence-corrected chi connectivity index (χ1v) is 10.4. The molecule has 0 unspecified atom stereocenters. The molecular weight excluding hydrogens is 406 g/mol. The van der Waals surface area contributed by atoms with Crippen LogP contribution in [0.5, 0.6) is 0 Å². The fraction of sp³-hybridized carbons (Fsp3) is 0.304. The van der Waals surface area contributed by atoms with Gasteiger partial charge in [-0.2, -0.15) is 10.2 Å². The molecule has 2 aromatic heterocycles. The summed E-state index contributed by atoms with van der Waals surface area (Å²) in [7, 11) is 0. The van der Waals surface area contributed by atoms with Gasteiger partial charge in [-0.3, -0.25) is 14.3 Å². The number of aromatic nitrogens is 4. The maximum Gasteiger partial charge on any atom is 0.298 e. The van der Waals surface area contributed by atoms with Gasteiger partial charge in [-0.15, -0.1) is 0 Å². The molecule has 32 heavy (non-hydrogen) atoms. The number of benzene rings is 1. The summed E-state index contributed by atoms with van der Waals surface area (Å²) in [6, 6.07) is 9.91. The molecule has 3 heterocycles. The van der Waals surface area contributed by atoms with Crippen molar-refractivity contribution in [1.82, 2.24) is 24.5 Å². The molecule has 0 bridgehead atoms. The van der Waals surface area contributed by atoms with E-state index in [2.05, 4.69) is 22.0 Å². The lowest BCUT2D eigenvalue weighted by Gasteiger charge is -2.31. The number of piperidine rings is 1. The zero-order valence-corrected chi connectivity index (χ0v) is 17.9. The number of carbonyl (C=O) groups is 2. The van der Waals surface area contributed by atoms with Crippen LogP contribution < -0.4 is 11.5 Å². The Morgan fingerprint density at radius 3 is 2.56 bits per heavy atom. The van der Waals surface area contributed by atoms with Crippen LogP contribution in [0, 0.1) is 11.8 Å². The molecule has 0 spiro atoms. The van der Waals surface area contributed by atoms with Crippen molar-refractivity contribution in [3.05, 3.63) is 53.9 Å². The van der Waals surface area contributed by atoms with Gasteiger partial charge in [0.25, 0.3) is 11.8 Å². The number of rotatable bonds is 5. The average Bonchev–Trinajstić information content (AvgIpc) is 3.39. The first-order chi connectivity index (χ1) is 15.5. The monoisotopic (exact) mass is 431 g/mol. The molecule has 4 rings (SSSR count). The van der Waals surface area contributed by atoms with Crippen molar-refractivity contribution in [1.29, 1.82) is 0 Å². The number of anilines is 1. The van der Waals surface area contributed by atoms with Crippen LogP contribution in [0.4, 0.5) is 5.82 Å². The van der Waals surface area contributed by atoms with Crippen LogP contribution >= 0.6 is 0 Å². The topological polar surface area (TPSA) is 125 Å². The Morgan fingerprint density at radius 1 is 1.19 bits per heavy atom. The van der Waals surface area contributed by atoms with Gasteiger partial charge < -0.3 is 16.4 Å². The minimum absolute atomic E-state index is 0.0418. The first kappa shape index (κ1) is 21.2. The van der Waals surface area contributed by atoms with Crippen LogP contribution in [0.1, 0.15) is 41.7 Å². The SMILES string of the molecule is CC#CC(=O)N1CCC(n2nc(-c3cnn(Cc4ccccc4)c3)c(C(N)=O)c2N)CC1. The number of hydrogen-bond acceptors (Lipinski definition) is 5. The van der Waals surface area contributed by atoms with Crippen LogP contribution in [0.3, 0.4) is 0 Å². The number of likely N-dealkylation sites (tertiary alicyclic amines) is 1. The molecule has 9 nitrogen and oxygen atoms in total. The molecule has 1 aromatic carbocycles. The number of carbonyl (C=O) groups excluding carboxylic acids is 2. The molecule has 1 aliphatic heterocycles. The van der Waals surface area contributed by atoms with E-state index in [1.54, 1.807) is 27.4 Å². The Labute approximate surface area is 186 Å². The standard InChI is InChI=1S/C23H25N7O2/c1-2-6-19(31)28-11-9-18(10-12-28)30-22(24)20(23(25)32)21(27-30)17-13-26-29(15-17)14-16-7-4-3-5-8-16/h3-5,7-8,13,15,18H,9-12,14,24H2,1H3,(H2,25,32). The number of nitrogens with two attached hydrogens (primary N) is 2. The normalized spacial score (nSPS) is 14.1. The van der Waals surface area contributed by atoms with E-state index in [4.69, 9.17) is 11.5 Å². The van der Waals surface area contributed by atoms with Crippen LogP contribution in [0.15, 0.2) is 42.7 Å². The summed E-state index contributed by atoms with van der Waals surface area (Å²) in [5.74, 6) is 4.63. The van der Waals surface area contributed by atoms with Crippen molar-refractivity contribution < 1.29 is 9.59 Å². The largest absolute Gasteiger partial charge is 0.383 e. The minimum Gasteiger partial charge on any atom is -0.383 e. The summed E-state index contributed by atoms with van der Waals surface area (Å²) in [6.07, 6.45) is 4.81. The van der Waals surface area contributed by atoms with E-state index in [1.807, 2.05) is 36.5 Å². The van der Waals surface area contributed by atoms with E-state index in [-0.39, 0.29) is 23.3 Å². The first-order valence-electron chi connectivity index (χ1n) is 10.4. The molecule has 9 heteroatoms. The number of nitrogen functional groups attached to an aromatic ring is 1. The van der Waals surface area contributed by atoms with Crippen LogP contribution in [-0.2, 0) is 11.3 Å². The molecule has 0 radical (unpaired) electrons. The van der Waals surface area contributed by atoms with Gasteiger partial charge in [0.2, 0.25) is 0 Å². The number of primary amides is 1. The quantitative estimate of drug-likeness (QED) is 0.595. The Morgan fingerprint density at radius 2 is 1.91 bits per heavy atom. The van der Waals surface area contributed by atoms with Gasteiger partial charge in [0.15, 0.2) is 0 Å². The van der Waals surface area contributed by atoms with E-state index in [1.165, 1.54) is 0 Å². The maximum absolute atomic E-state index is 12.2. The van der Waals surface area contributed by atoms with Crippen LogP contribution in [-0.4, -0.2) is 49.4 Å². The molecule has 1 fully saturated rings. The van der Waals surface area contributed by atoms with Crippen molar-refractivity contribution in [2.75, 3.05) is 18.8 Å². The Kier molecular flexibility index (Phi) is 5.94. The van der Waals surface area contributed by atoms with E-state index < -0.39 is 5.91 Å². The lowest BCUT2D eigenvalue weighted by atomic mass is 10.0. The van der Waals surface area contributed by atoms with Crippen LogP contribution in [0.2, 0.25) is 0 Å². The predicted octanol–water partition coefficient (Wildman–Crippen LogP) is 1.66. The van der Waals surface area contributed by atoms with Gasteiger partial charge in [0, 0.05) is 24.8 Å². The lowest BCUT2D eigenvalue weighted by Crippen LogP contribution is -2.38. The second kappa shape index (κ2) is 8.98. The van der Waals surface area contributed by atoms with Gasteiger partial charge in [-0.25, -0.2) is 4.68 Å². The maximum atomic E-state index is 12.2. The fourth-order valence-corrected chi connectivity index (χ4v) is 4.01. The van der Waals surface area contributed by atoms with E-state index in [9.17, 15) is 9.59 Å². The zero-order valence-electron chi connectivity index (χ0n) is 17.9. The fourth-order valence-electron chi connectivity index (χ4n) is 4.01. The van der Waals surface area contributed by atoms with Crippen molar-refractivity contribution in [2.45, 2.75) is 32.4 Å². The van der Waals surface area contributed by atoms with Crippen LogP contribution in [0.25, 0.3) is 11.3 Å². The number of nitrogens with zero attached hydrogens (tertiary/aromatic N) is 5. The van der Waals surface area contributed by atoms with E-state index in [0.717, 1.165) is 5.56 Å². The highest BCUT2D eigenvalue weighted by atomic mass is 16.2. The predicted molar refractivity (Wildman–Crippen MR) is 120 cm³/mol. The molecule has 3 aromatic rings. The number of hydrogen-bond donors (Lipinski definition) is 2. The van der Waals surface area contributed by atoms with Crippen molar-refractivity contribution in [3.63, 3.8) is 0 Å². The second-order valence-electron chi connectivity index (χ2n) is 7.73. The smallest absolute Gasteiger partial charge is 0.298 e. The van der Waals surface area contributed by atoms with E-state index in [0.29, 0.717) is 43.7 Å². The highest BCUT2D eigenvalue weighted by Crippen LogP contribution is 2.32. The molecule has 4 N–H and O–H groups in total. The van der Waals surface area contributed by atoms with E-state index >= 15 is 0 Å². The minimum atomic E-state index is -0.634. The molecule has 0 aliphatic carbocycles. The third kappa shape index (κ3) is 4.21. The summed E-state index contributed by atoms with van der Waals surface area (Å²) in [6.45, 7) is 3.33. The highest BCUT2D eigenvalue weighted by Gasteiger charge is 2.29. The summed E-state index contributed by atoms with van der Waals surface area (Å²) in [5.41, 5.74) is 14.4. The summed E-state index contributed by atoms with van der Waals surface area (Å²) >= 11 is 0. The van der Waals surface area contributed by atoms with Gasteiger partial charge in [-0.1, -0.05) is 36.3 Å². The Bertz CT molecular complexity index is 1190. The van der Waals surface area contributed by atoms with Crippen molar-refractivity contribution in [3.8, 4) is 23.1 Å². The average molecular weight is 432 g/mol. The van der Waals surface area contributed by atoms with Gasteiger partial charge in [0.1, 0.15) is 17.1 Å². The lowest BCUT2D eigenvalue weighted by molar-refractivity contribution is -0.126. The molecule has 0 atom stereocenters. The molecular formula is C23H25N7O2. The van der Waals surface area contributed by atoms with Crippen molar-refractivity contribution >= 4 is 17.6 Å². The highest BCUT2D eigenvalue weighted by molar-refractivity contribution is 6.03. The molecule has 1 aliphatic rings.